The maximum atomic E-state index is 11.1. The zero-order valence-electron chi connectivity index (χ0n) is 6.62. The van der Waals surface area contributed by atoms with E-state index in [4.69, 9.17) is 16.7 Å². The van der Waals surface area contributed by atoms with Gasteiger partial charge >= 0.3 is 5.97 Å². The molecule has 0 saturated heterocycles. The molecule has 12 heavy (non-hydrogen) atoms. The standard InChI is InChI=1S/C8H11ClO3/c9-4-7(10)5-1-2-6(3-5)8(11)12/h5-6H,1-4H2,(H,11,12). The second-order valence-electron chi connectivity index (χ2n) is 3.15. The maximum absolute atomic E-state index is 11.1. The normalized spacial score (nSPS) is 28.8. The summed E-state index contributed by atoms with van der Waals surface area (Å²) in [6.07, 6.45) is 1.77. The predicted molar refractivity (Wildman–Crippen MR) is 44.2 cm³/mol. The number of carbonyl (C=O) groups excluding carboxylic acids is 1. The Hall–Kier alpha value is -0.570. The fourth-order valence-corrected chi connectivity index (χ4v) is 1.83. The number of alkyl halides is 1. The average Bonchev–Trinajstić information content (AvgIpc) is 2.51. The van der Waals surface area contributed by atoms with Crippen LogP contribution in [0.3, 0.4) is 0 Å². The highest BCUT2D eigenvalue weighted by Crippen LogP contribution is 2.31. The third kappa shape index (κ3) is 1.97. The highest BCUT2D eigenvalue weighted by Gasteiger charge is 2.32. The molecule has 68 valence electrons. The monoisotopic (exact) mass is 190 g/mol. The van der Waals surface area contributed by atoms with Gasteiger partial charge in [0.05, 0.1) is 11.8 Å². The first kappa shape index (κ1) is 9.52. The molecule has 1 aliphatic carbocycles. The Labute approximate surface area is 75.7 Å². The van der Waals surface area contributed by atoms with Crippen molar-refractivity contribution in [2.45, 2.75) is 19.3 Å². The molecule has 0 amide bonds. The van der Waals surface area contributed by atoms with Gasteiger partial charge in [0.2, 0.25) is 0 Å². The molecule has 4 heteroatoms. The predicted octanol–water partition coefficient (Wildman–Crippen LogP) is 1.30. The molecule has 0 aromatic carbocycles. The fourth-order valence-electron chi connectivity index (χ4n) is 1.61. The lowest BCUT2D eigenvalue weighted by Gasteiger charge is -2.04. The van der Waals surface area contributed by atoms with Gasteiger partial charge in [-0.25, -0.2) is 0 Å². The Morgan fingerprint density at radius 1 is 1.33 bits per heavy atom. The SMILES string of the molecule is O=C(O)C1CCC(C(=O)CCl)C1. The van der Waals surface area contributed by atoms with Crippen molar-refractivity contribution in [1.82, 2.24) is 0 Å². The third-order valence-electron chi connectivity index (χ3n) is 2.37. The van der Waals surface area contributed by atoms with Crippen LogP contribution in [0.15, 0.2) is 0 Å². The van der Waals surface area contributed by atoms with E-state index in [2.05, 4.69) is 0 Å². The molecular formula is C8H11ClO3. The minimum Gasteiger partial charge on any atom is -0.481 e. The van der Waals surface area contributed by atoms with Gasteiger partial charge in [-0.1, -0.05) is 0 Å². The molecule has 1 aliphatic rings. The van der Waals surface area contributed by atoms with Crippen molar-refractivity contribution >= 4 is 23.4 Å². The lowest BCUT2D eigenvalue weighted by Crippen LogP contribution is -2.15. The van der Waals surface area contributed by atoms with E-state index in [-0.39, 0.29) is 23.5 Å². The first-order chi connectivity index (χ1) is 5.65. The molecule has 1 N–H and O–H groups in total. The van der Waals surface area contributed by atoms with E-state index in [0.717, 1.165) is 0 Å². The van der Waals surface area contributed by atoms with Gasteiger partial charge in [0, 0.05) is 5.92 Å². The Morgan fingerprint density at radius 2 is 1.92 bits per heavy atom. The fraction of sp³-hybridized carbons (Fsp3) is 0.750. The van der Waals surface area contributed by atoms with E-state index in [1.165, 1.54) is 0 Å². The first-order valence-corrected chi connectivity index (χ1v) is 4.50. The van der Waals surface area contributed by atoms with E-state index in [0.29, 0.717) is 19.3 Å². The molecule has 0 aromatic rings. The number of hydrogen-bond donors (Lipinski definition) is 1. The average molecular weight is 191 g/mol. The maximum Gasteiger partial charge on any atom is 0.306 e. The van der Waals surface area contributed by atoms with Crippen molar-refractivity contribution in [2.24, 2.45) is 11.8 Å². The van der Waals surface area contributed by atoms with Gasteiger partial charge in [-0.05, 0) is 19.3 Å². The van der Waals surface area contributed by atoms with Crippen LogP contribution in [0.5, 0.6) is 0 Å². The Morgan fingerprint density at radius 3 is 2.33 bits per heavy atom. The van der Waals surface area contributed by atoms with Crippen LogP contribution in [-0.4, -0.2) is 22.7 Å². The van der Waals surface area contributed by atoms with Crippen molar-refractivity contribution in [3.63, 3.8) is 0 Å². The van der Waals surface area contributed by atoms with Gasteiger partial charge in [0.15, 0.2) is 5.78 Å². The molecular weight excluding hydrogens is 180 g/mol. The molecule has 0 heterocycles. The minimum atomic E-state index is -0.792. The number of carboxylic acid groups (broad SMARTS) is 1. The molecule has 0 spiro atoms. The van der Waals surface area contributed by atoms with E-state index >= 15 is 0 Å². The number of aliphatic carboxylic acids is 1. The third-order valence-corrected chi connectivity index (χ3v) is 2.63. The van der Waals surface area contributed by atoms with Crippen LogP contribution < -0.4 is 0 Å². The van der Waals surface area contributed by atoms with Crippen LogP contribution in [0.2, 0.25) is 0 Å². The number of Topliss-reactive ketones (excluding diaryl/α,β-unsaturated/α-hetero) is 1. The number of carbonyl (C=O) groups is 2. The van der Waals surface area contributed by atoms with Crippen LogP contribution in [0, 0.1) is 11.8 Å². The van der Waals surface area contributed by atoms with Gasteiger partial charge in [0.1, 0.15) is 0 Å². The van der Waals surface area contributed by atoms with Crippen LogP contribution in [-0.2, 0) is 9.59 Å². The van der Waals surface area contributed by atoms with E-state index in [1.807, 2.05) is 0 Å². The number of rotatable bonds is 3. The van der Waals surface area contributed by atoms with E-state index < -0.39 is 5.97 Å². The zero-order chi connectivity index (χ0) is 9.14. The smallest absolute Gasteiger partial charge is 0.306 e. The minimum absolute atomic E-state index is 0.0109. The summed E-state index contributed by atoms with van der Waals surface area (Å²) >= 11 is 5.36. The summed E-state index contributed by atoms with van der Waals surface area (Å²) in [5, 5.41) is 8.64. The van der Waals surface area contributed by atoms with Crippen molar-refractivity contribution in [1.29, 1.82) is 0 Å². The van der Waals surface area contributed by atoms with E-state index in [1.54, 1.807) is 0 Å². The molecule has 2 atom stereocenters. The van der Waals surface area contributed by atoms with E-state index in [9.17, 15) is 9.59 Å². The zero-order valence-corrected chi connectivity index (χ0v) is 7.38. The topological polar surface area (TPSA) is 54.4 Å². The van der Waals surface area contributed by atoms with Gasteiger partial charge in [-0.3, -0.25) is 9.59 Å². The van der Waals surface area contributed by atoms with Crippen molar-refractivity contribution in [3.05, 3.63) is 0 Å². The molecule has 1 fully saturated rings. The van der Waals surface area contributed by atoms with Crippen molar-refractivity contribution < 1.29 is 14.7 Å². The number of hydrogen-bond acceptors (Lipinski definition) is 2. The number of halogens is 1. The number of ketones is 1. The van der Waals surface area contributed by atoms with Crippen molar-refractivity contribution in [2.75, 3.05) is 5.88 Å². The Kier molecular flexibility index (Phi) is 3.09. The molecule has 1 rings (SSSR count). The lowest BCUT2D eigenvalue weighted by atomic mass is 10.0. The second kappa shape index (κ2) is 3.90. The first-order valence-electron chi connectivity index (χ1n) is 3.96. The Bertz CT molecular complexity index is 202. The highest BCUT2D eigenvalue weighted by molar-refractivity contribution is 6.27. The summed E-state index contributed by atoms with van der Waals surface area (Å²) in [5.41, 5.74) is 0. The summed E-state index contributed by atoms with van der Waals surface area (Å²) < 4.78 is 0. The van der Waals surface area contributed by atoms with Gasteiger partial charge in [0.25, 0.3) is 0 Å². The summed E-state index contributed by atoms with van der Waals surface area (Å²) in [6.45, 7) is 0. The summed E-state index contributed by atoms with van der Waals surface area (Å²) in [5.74, 6) is -1.23. The summed E-state index contributed by atoms with van der Waals surface area (Å²) in [4.78, 5) is 21.6. The van der Waals surface area contributed by atoms with Crippen molar-refractivity contribution in [3.8, 4) is 0 Å². The number of carboxylic acids is 1. The molecule has 1 saturated carbocycles. The summed E-state index contributed by atoms with van der Waals surface area (Å²) in [7, 11) is 0. The lowest BCUT2D eigenvalue weighted by molar-refractivity contribution is -0.141. The molecule has 0 bridgehead atoms. The molecule has 0 aliphatic heterocycles. The van der Waals surface area contributed by atoms with Crippen LogP contribution in [0.4, 0.5) is 0 Å². The van der Waals surface area contributed by atoms with Crippen LogP contribution in [0.25, 0.3) is 0 Å². The molecule has 3 nitrogen and oxygen atoms in total. The van der Waals surface area contributed by atoms with Gasteiger partial charge in [-0.15, -0.1) is 11.6 Å². The van der Waals surface area contributed by atoms with Crippen LogP contribution in [0.1, 0.15) is 19.3 Å². The van der Waals surface area contributed by atoms with Gasteiger partial charge in [-0.2, -0.15) is 0 Å². The highest BCUT2D eigenvalue weighted by atomic mass is 35.5. The quantitative estimate of drug-likeness (QED) is 0.683. The largest absolute Gasteiger partial charge is 0.481 e. The molecule has 0 radical (unpaired) electrons. The molecule has 0 aromatic heterocycles. The van der Waals surface area contributed by atoms with Gasteiger partial charge < -0.3 is 5.11 Å². The summed E-state index contributed by atoms with van der Waals surface area (Å²) in [6, 6.07) is 0. The second-order valence-corrected chi connectivity index (χ2v) is 3.41. The Balaban J connectivity index is 2.45. The molecule has 2 unspecified atom stereocenters. The van der Waals surface area contributed by atoms with Crippen LogP contribution >= 0.6 is 11.6 Å².